The molecule has 2 aromatic rings. The van der Waals surface area contributed by atoms with Gasteiger partial charge in [-0.1, -0.05) is 35.9 Å². The van der Waals surface area contributed by atoms with Gasteiger partial charge >= 0.3 is 0 Å². The van der Waals surface area contributed by atoms with Gasteiger partial charge < -0.3 is 14.7 Å². The summed E-state index contributed by atoms with van der Waals surface area (Å²) in [6.45, 7) is 5.82. The van der Waals surface area contributed by atoms with E-state index < -0.39 is 11.5 Å². The average molecular weight is 353 g/mol. The van der Waals surface area contributed by atoms with E-state index in [2.05, 4.69) is 0 Å². The Hall–Kier alpha value is -2.66. The molecule has 0 saturated carbocycles. The van der Waals surface area contributed by atoms with Crippen molar-refractivity contribution in [1.29, 1.82) is 0 Å². The Kier molecular flexibility index (Phi) is 4.83. The third-order valence-electron chi connectivity index (χ3n) is 4.66. The molecule has 1 heterocycles. The molecule has 0 aromatic heterocycles. The number of nitrogens with zero attached hydrogens (tertiary/aromatic N) is 1. The zero-order chi connectivity index (χ0) is 18.9. The van der Waals surface area contributed by atoms with E-state index in [1.807, 2.05) is 50.2 Å². The van der Waals surface area contributed by atoms with Gasteiger partial charge in [0.25, 0.3) is 5.91 Å². The summed E-state index contributed by atoms with van der Waals surface area (Å²) in [7, 11) is 0. The lowest BCUT2D eigenvalue weighted by atomic mass is 9.89. The number of carbonyl (C=O) groups excluding carboxylic acids is 2. The monoisotopic (exact) mass is 353 g/mol. The second-order valence-electron chi connectivity index (χ2n) is 6.83. The number of aryl methyl sites for hydroxylation is 2. The number of ketones is 1. The van der Waals surface area contributed by atoms with Gasteiger partial charge in [0.15, 0.2) is 5.60 Å². The standard InChI is InChI=1S/C21H23NO4/c1-14-8-9-18-17(12-14)21(25,13-16(3)23)20(24)22(18)10-11-26-19-7-5-4-6-15(19)2/h4-9,12,25H,10-11,13H2,1-3H3/t21-/m0/s1. The SMILES string of the molecule is CC(=O)C[C@@]1(O)C(=O)N(CCOc2ccccc2C)c2ccc(C)cc21. The lowest BCUT2D eigenvalue weighted by molar-refractivity contribution is -0.141. The maximum absolute atomic E-state index is 12.9. The molecule has 136 valence electrons. The highest BCUT2D eigenvalue weighted by atomic mass is 16.5. The van der Waals surface area contributed by atoms with Gasteiger partial charge in [0.1, 0.15) is 18.1 Å². The predicted octanol–water partition coefficient (Wildman–Crippen LogP) is 2.90. The van der Waals surface area contributed by atoms with E-state index in [9.17, 15) is 14.7 Å². The minimum absolute atomic E-state index is 0.225. The molecule has 1 atom stereocenters. The molecular formula is C21H23NO4. The van der Waals surface area contributed by atoms with Crippen LogP contribution in [0, 0.1) is 13.8 Å². The summed E-state index contributed by atoms with van der Waals surface area (Å²) < 4.78 is 5.79. The van der Waals surface area contributed by atoms with Gasteiger partial charge in [-0.05, 0) is 38.5 Å². The number of ether oxygens (including phenoxy) is 1. The number of hydrogen-bond acceptors (Lipinski definition) is 4. The number of anilines is 1. The van der Waals surface area contributed by atoms with Gasteiger partial charge in [-0.15, -0.1) is 0 Å². The summed E-state index contributed by atoms with van der Waals surface area (Å²) >= 11 is 0. The molecule has 5 nitrogen and oxygen atoms in total. The first-order valence-corrected chi connectivity index (χ1v) is 8.66. The molecule has 0 radical (unpaired) electrons. The normalized spacial score (nSPS) is 18.8. The summed E-state index contributed by atoms with van der Waals surface area (Å²) in [6, 6.07) is 13.2. The zero-order valence-electron chi connectivity index (χ0n) is 15.3. The van der Waals surface area contributed by atoms with E-state index >= 15 is 0 Å². The summed E-state index contributed by atoms with van der Waals surface area (Å²) in [5.74, 6) is 0.0651. The van der Waals surface area contributed by atoms with Crippen molar-refractivity contribution in [3.8, 4) is 5.75 Å². The number of rotatable bonds is 6. The molecule has 0 bridgehead atoms. The van der Waals surface area contributed by atoms with Crippen molar-refractivity contribution in [2.24, 2.45) is 0 Å². The van der Waals surface area contributed by atoms with Gasteiger partial charge in [0.05, 0.1) is 12.2 Å². The van der Waals surface area contributed by atoms with Crippen LogP contribution in [0.5, 0.6) is 5.75 Å². The highest BCUT2D eigenvalue weighted by molar-refractivity contribution is 6.08. The first kappa shape index (κ1) is 18.1. The molecule has 1 amide bonds. The molecule has 1 N–H and O–H groups in total. The number of benzene rings is 2. The van der Waals surface area contributed by atoms with Gasteiger partial charge in [-0.2, -0.15) is 0 Å². The van der Waals surface area contributed by atoms with Crippen molar-refractivity contribution in [3.63, 3.8) is 0 Å². The minimum atomic E-state index is -1.80. The number of aliphatic hydroxyl groups is 1. The molecule has 0 saturated heterocycles. The van der Waals surface area contributed by atoms with Crippen LogP contribution < -0.4 is 9.64 Å². The van der Waals surface area contributed by atoms with Gasteiger partial charge in [0, 0.05) is 12.0 Å². The van der Waals surface area contributed by atoms with Crippen molar-refractivity contribution in [2.45, 2.75) is 32.8 Å². The number of carbonyl (C=O) groups is 2. The maximum atomic E-state index is 12.9. The van der Waals surface area contributed by atoms with Crippen LogP contribution in [0.2, 0.25) is 0 Å². The molecule has 3 rings (SSSR count). The largest absolute Gasteiger partial charge is 0.491 e. The van der Waals surface area contributed by atoms with Crippen molar-refractivity contribution in [3.05, 3.63) is 59.2 Å². The van der Waals surface area contributed by atoms with Crippen molar-refractivity contribution < 1.29 is 19.4 Å². The Morgan fingerprint density at radius 2 is 1.92 bits per heavy atom. The lowest BCUT2D eigenvalue weighted by Gasteiger charge is -2.22. The molecule has 0 fully saturated rings. The Balaban J connectivity index is 1.83. The van der Waals surface area contributed by atoms with Gasteiger partial charge in [0.2, 0.25) is 0 Å². The Morgan fingerprint density at radius 1 is 1.19 bits per heavy atom. The Bertz CT molecular complexity index is 861. The molecule has 1 aliphatic rings. The summed E-state index contributed by atoms with van der Waals surface area (Å²) in [6.07, 6.45) is -0.225. The van der Waals surface area contributed by atoms with E-state index in [-0.39, 0.29) is 12.2 Å². The van der Waals surface area contributed by atoms with Crippen LogP contribution >= 0.6 is 0 Å². The van der Waals surface area contributed by atoms with Crippen LogP contribution in [0.4, 0.5) is 5.69 Å². The van der Waals surface area contributed by atoms with Crippen molar-refractivity contribution in [1.82, 2.24) is 0 Å². The van der Waals surface area contributed by atoms with E-state index in [0.717, 1.165) is 16.9 Å². The Labute approximate surface area is 153 Å². The fourth-order valence-electron chi connectivity index (χ4n) is 3.38. The highest BCUT2D eigenvalue weighted by Gasteiger charge is 2.50. The number of amides is 1. The number of Topliss-reactive ketones (excluding diaryl/α,β-unsaturated/α-hetero) is 1. The third-order valence-corrected chi connectivity index (χ3v) is 4.66. The fourth-order valence-corrected chi connectivity index (χ4v) is 3.38. The molecular weight excluding hydrogens is 330 g/mol. The van der Waals surface area contributed by atoms with Crippen LogP contribution in [0.3, 0.4) is 0 Å². The van der Waals surface area contributed by atoms with E-state index in [0.29, 0.717) is 24.4 Å². The topological polar surface area (TPSA) is 66.8 Å². The number of hydrogen-bond donors (Lipinski definition) is 1. The molecule has 0 aliphatic carbocycles. The molecule has 1 aliphatic heterocycles. The first-order chi connectivity index (χ1) is 12.3. The van der Waals surface area contributed by atoms with Crippen LogP contribution in [-0.2, 0) is 15.2 Å². The van der Waals surface area contributed by atoms with Crippen molar-refractivity contribution >= 4 is 17.4 Å². The van der Waals surface area contributed by atoms with E-state index in [4.69, 9.17) is 4.74 Å². The molecule has 0 spiro atoms. The highest BCUT2D eigenvalue weighted by Crippen LogP contribution is 2.42. The quantitative estimate of drug-likeness (QED) is 0.867. The molecule has 26 heavy (non-hydrogen) atoms. The van der Waals surface area contributed by atoms with Crippen LogP contribution in [-0.4, -0.2) is 29.9 Å². The summed E-state index contributed by atoms with van der Waals surface area (Å²) in [5.41, 5.74) is 1.28. The average Bonchev–Trinajstić information content (AvgIpc) is 2.77. The van der Waals surface area contributed by atoms with E-state index in [1.165, 1.54) is 11.8 Å². The second kappa shape index (κ2) is 6.92. The second-order valence-corrected chi connectivity index (χ2v) is 6.83. The zero-order valence-corrected chi connectivity index (χ0v) is 15.3. The maximum Gasteiger partial charge on any atom is 0.264 e. The molecule has 2 aromatic carbocycles. The molecule has 0 unspecified atom stereocenters. The third kappa shape index (κ3) is 3.22. The number of fused-ring (bicyclic) bond motifs is 1. The fraction of sp³-hybridized carbons (Fsp3) is 0.333. The molecule has 5 heteroatoms. The van der Waals surface area contributed by atoms with Gasteiger partial charge in [-0.25, -0.2) is 0 Å². The Morgan fingerprint density at radius 3 is 2.62 bits per heavy atom. The van der Waals surface area contributed by atoms with E-state index in [1.54, 1.807) is 6.07 Å². The summed E-state index contributed by atoms with van der Waals surface area (Å²) in [4.78, 5) is 26.1. The van der Waals surface area contributed by atoms with Gasteiger partial charge in [-0.3, -0.25) is 9.59 Å². The minimum Gasteiger partial charge on any atom is -0.491 e. The summed E-state index contributed by atoms with van der Waals surface area (Å²) in [5, 5.41) is 11.0. The van der Waals surface area contributed by atoms with Crippen LogP contribution in [0.15, 0.2) is 42.5 Å². The lowest BCUT2D eigenvalue weighted by Crippen LogP contribution is -2.43. The van der Waals surface area contributed by atoms with Crippen molar-refractivity contribution in [2.75, 3.05) is 18.1 Å². The number of para-hydroxylation sites is 1. The van der Waals surface area contributed by atoms with Crippen LogP contribution in [0.1, 0.15) is 30.0 Å². The smallest absolute Gasteiger partial charge is 0.264 e. The first-order valence-electron chi connectivity index (χ1n) is 8.66. The van der Waals surface area contributed by atoms with Crippen LogP contribution in [0.25, 0.3) is 0 Å². The predicted molar refractivity (Wildman–Crippen MR) is 99.4 cm³/mol.